The van der Waals surface area contributed by atoms with Gasteiger partial charge in [0.15, 0.2) is 0 Å². The molecule has 1 amide bonds. The molecular weight excluding hydrogens is 403 g/mol. The number of thiophene rings is 1. The summed E-state index contributed by atoms with van der Waals surface area (Å²) in [5.41, 5.74) is 0.241. The van der Waals surface area contributed by atoms with Crippen molar-refractivity contribution in [2.24, 2.45) is 0 Å². The molecule has 0 saturated heterocycles. The maximum absolute atomic E-state index is 12.3. The van der Waals surface area contributed by atoms with E-state index in [1.165, 1.54) is 19.2 Å². The van der Waals surface area contributed by atoms with Gasteiger partial charge in [-0.3, -0.25) is 4.79 Å². The molecule has 0 spiro atoms. The lowest BCUT2D eigenvalue weighted by Gasteiger charge is -2.16. The fraction of sp³-hybridized carbons (Fsp3) is 0.154. The van der Waals surface area contributed by atoms with Crippen LogP contribution in [0.4, 0.5) is 5.69 Å². The minimum atomic E-state index is -3.79. The first kappa shape index (κ1) is 18.5. The summed E-state index contributed by atoms with van der Waals surface area (Å²) in [6.07, 6.45) is 0. The molecule has 5 nitrogen and oxygen atoms in total. The lowest BCUT2D eigenvalue weighted by Crippen LogP contribution is -2.34. The minimum absolute atomic E-state index is 0.0635. The fourth-order valence-electron chi connectivity index (χ4n) is 1.67. The van der Waals surface area contributed by atoms with Gasteiger partial charge >= 0.3 is 0 Å². The van der Waals surface area contributed by atoms with E-state index < -0.39 is 15.9 Å². The van der Waals surface area contributed by atoms with Crippen molar-refractivity contribution in [1.29, 1.82) is 0 Å². The Hall–Kier alpha value is -0.830. The number of hydrogen-bond acceptors (Lipinski definition) is 4. The third kappa shape index (κ3) is 4.37. The molecule has 0 radical (unpaired) electrons. The summed E-state index contributed by atoms with van der Waals surface area (Å²) in [5.74, 6) is -0.561. The van der Waals surface area contributed by atoms with Gasteiger partial charge in [-0.25, -0.2) is 8.42 Å². The van der Waals surface area contributed by atoms with Crippen LogP contribution in [-0.4, -0.2) is 32.2 Å². The monoisotopic (exact) mass is 412 g/mol. The number of para-hydroxylation sites is 1. The molecule has 2 rings (SSSR count). The summed E-state index contributed by atoms with van der Waals surface area (Å²) >= 11 is 18.6. The molecule has 0 atom stereocenters. The number of amides is 1. The molecule has 2 aromatic rings. The summed E-state index contributed by atoms with van der Waals surface area (Å²) in [7, 11) is -2.48. The van der Waals surface area contributed by atoms with Crippen molar-refractivity contribution in [1.82, 2.24) is 4.31 Å². The van der Waals surface area contributed by atoms with Crippen LogP contribution >= 0.6 is 46.1 Å². The van der Waals surface area contributed by atoms with Gasteiger partial charge < -0.3 is 5.32 Å². The van der Waals surface area contributed by atoms with Gasteiger partial charge in [0.1, 0.15) is 4.21 Å². The van der Waals surface area contributed by atoms with Crippen molar-refractivity contribution in [3.05, 3.63) is 44.7 Å². The maximum atomic E-state index is 12.3. The van der Waals surface area contributed by atoms with E-state index in [-0.39, 0.29) is 26.5 Å². The molecule has 0 unspecified atom stereocenters. The number of halogens is 3. The van der Waals surface area contributed by atoms with Crippen LogP contribution in [0.2, 0.25) is 14.4 Å². The van der Waals surface area contributed by atoms with Gasteiger partial charge in [-0.05, 0) is 24.3 Å². The van der Waals surface area contributed by atoms with Crippen LogP contribution in [0.5, 0.6) is 0 Å². The van der Waals surface area contributed by atoms with Gasteiger partial charge in [0.2, 0.25) is 5.91 Å². The summed E-state index contributed by atoms with van der Waals surface area (Å²) in [5, 5.41) is 3.04. The highest BCUT2D eigenvalue weighted by Crippen LogP contribution is 2.30. The SMILES string of the molecule is CN(CC(=O)Nc1c(Cl)cccc1Cl)S(=O)(=O)c1ccc(Cl)s1. The van der Waals surface area contributed by atoms with Crippen LogP contribution in [0.25, 0.3) is 0 Å². The fourth-order valence-corrected chi connectivity index (χ4v) is 4.99. The molecule has 0 bridgehead atoms. The summed E-state index contributed by atoms with van der Waals surface area (Å²) in [6.45, 7) is -0.389. The van der Waals surface area contributed by atoms with Crippen molar-refractivity contribution in [3.63, 3.8) is 0 Å². The number of nitrogens with one attached hydrogen (secondary N) is 1. The number of rotatable bonds is 5. The van der Waals surface area contributed by atoms with Crippen LogP contribution in [0.3, 0.4) is 0 Å². The van der Waals surface area contributed by atoms with Gasteiger partial charge in [-0.1, -0.05) is 40.9 Å². The molecule has 1 N–H and O–H groups in total. The third-order valence-corrected chi connectivity index (χ3v) is 6.94. The molecule has 1 aromatic heterocycles. The molecule has 0 fully saturated rings. The highest BCUT2D eigenvalue weighted by molar-refractivity contribution is 7.91. The van der Waals surface area contributed by atoms with Gasteiger partial charge in [0.05, 0.1) is 26.6 Å². The quantitative estimate of drug-likeness (QED) is 0.806. The predicted octanol–water partition coefficient (Wildman–Crippen LogP) is 3.97. The predicted molar refractivity (Wildman–Crippen MR) is 94.2 cm³/mol. The smallest absolute Gasteiger partial charge is 0.252 e. The van der Waals surface area contributed by atoms with Crippen molar-refractivity contribution in [2.75, 3.05) is 18.9 Å². The van der Waals surface area contributed by atoms with Crippen molar-refractivity contribution < 1.29 is 13.2 Å². The lowest BCUT2D eigenvalue weighted by atomic mass is 10.3. The minimum Gasteiger partial charge on any atom is -0.322 e. The number of benzene rings is 1. The second-order valence-electron chi connectivity index (χ2n) is 4.46. The van der Waals surface area contributed by atoms with Crippen molar-refractivity contribution in [2.45, 2.75) is 4.21 Å². The molecule has 0 saturated carbocycles. The molecular formula is C13H11Cl3N2O3S2. The second-order valence-corrected chi connectivity index (χ2v) is 9.27. The number of anilines is 1. The lowest BCUT2D eigenvalue weighted by molar-refractivity contribution is -0.116. The van der Waals surface area contributed by atoms with Crippen LogP contribution in [0, 0.1) is 0 Å². The standard InChI is InChI=1S/C13H11Cl3N2O3S2/c1-18(23(20,21)12-6-5-10(16)22-12)7-11(19)17-13-8(14)3-2-4-9(13)15/h2-6H,7H2,1H3,(H,17,19). The van der Waals surface area contributed by atoms with Gasteiger partial charge in [-0.15, -0.1) is 11.3 Å². The van der Waals surface area contributed by atoms with Crippen LogP contribution < -0.4 is 5.32 Å². The zero-order valence-corrected chi connectivity index (χ0v) is 15.6. The number of carbonyl (C=O) groups is 1. The Morgan fingerprint density at radius 3 is 2.30 bits per heavy atom. The molecule has 124 valence electrons. The Labute approximate surface area is 152 Å². The van der Waals surface area contributed by atoms with Crippen molar-refractivity contribution in [3.8, 4) is 0 Å². The Kier molecular flexibility index (Phi) is 5.94. The first-order valence-corrected chi connectivity index (χ1v) is 9.56. The van der Waals surface area contributed by atoms with Gasteiger partial charge in [0.25, 0.3) is 10.0 Å². The summed E-state index contributed by atoms with van der Waals surface area (Å²) < 4.78 is 26.0. The first-order chi connectivity index (χ1) is 10.7. The average Bonchev–Trinajstić information content (AvgIpc) is 2.90. The largest absolute Gasteiger partial charge is 0.322 e. The summed E-state index contributed by atoms with van der Waals surface area (Å²) in [6, 6.07) is 7.64. The molecule has 23 heavy (non-hydrogen) atoms. The highest BCUT2D eigenvalue weighted by Gasteiger charge is 2.25. The molecule has 1 heterocycles. The number of nitrogens with zero attached hydrogens (tertiary/aromatic N) is 1. The van der Waals surface area contributed by atoms with Crippen LogP contribution in [-0.2, 0) is 14.8 Å². The molecule has 0 aliphatic rings. The molecule has 0 aliphatic heterocycles. The van der Waals surface area contributed by atoms with E-state index in [4.69, 9.17) is 34.8 Å². The molecule has 0 aliphatic carbocycles. The van der Waals surface area contributed by atoms with Crippen molar-refractivity contribution >= 4 is 67.8 Å². The molecule has 10 heteroatoms. The van der Waals surface area contributed by atoms with E-state index in [2.05, 4.69) is 5.32 Å². The Morgan fingerprint density at radius 2 is 1.78 bits per heavy atom. The Morgan fingerprint density at radius 1 is 1.17 bits per heavy atom. The van der Waals surface area contributed by atoms with Gasteiger partial charge in [-0.2, -0.15) is 4.31 Å². The highest BCUT2D eigenvalue weighted by atomic mass is 35.5. The van der Waals surface area contributed by atoms with E-state index in [9.17, 15) is 13.2 Å². The summed E-state index contributed by atoms with van der Waals surface area (Å²) in [4.78, 5) is 12.1. The van der Waals surface area contributed by atoms with E-state index in [0.717, 1.165) is 15.6 Å². The second kappa shape index (κ2) is 7.38. The Bertz CT molecular complexity index is 816. The van der Waals surface area contributed by atoms with E-state index in [0.29, 0.717) is 4.34 Å². The average molecular weight is 414 g/mol. The maximum Gasteiger partial charge on any atom is 0.252 e. The number of carbonyl (C=O) groups excluding carboxylic acids is 1. The van der Waals surface area contributed by atoms with Crippen LogP contribution in [0.15, 0.2) is 34.5 Å². The zero-order valence-electron chi connectivity index (χ0n) is 11.7. The molecule has 1 aromatic carbocycles. The van der Waals surface area contributed by atoms with Crippen LogP contribution in [0.1, 0.15) is 0 Å². The number of hydrogen-bond donors (Lipinski definition) is 1. The van der Waals surface area contributed by atoms with E-state index in [1.807, 2.05) is 0 Å². The normalized spacial score (nSPS) is 11.7. The number of likely N-dealkylation sites (N-methyl/N-ethyl adjacent to an activating group) is 1. The topological polar surface area (TPSA) is 66.5 Å². The van der Waals surface area contributed by atoms with E-state index in [1.54, 1.807) is 18.2 Å². The first-order valence-electron chi connectivity index (χ1n) is 6.17. The third-order valence-electron chi connectivity index (χ3n) is 2.81. The van der Waals surface area contributed by atoms with Gasteiger partial charge in [0, 0.05) is 7.05 Å². The number of sulfonamides is 1. The Balaban J connectivity index is 2.11. The van der Waals surface area contributed by atoms with E-state index >= 15 is 0 Å². The zero-order chi connectivity index (χ0) is 17.2.